The van der Waals surface area contributed by atoms with Crippen LogP contribution in [0.15, 0.2) is 6.33 Å². The minimum Gasteiger partial charge on any atom is -0.382 e. The molecule has 0 aliphatic carbocycles. The van der Waals surface area contributed by atoms with E-state index in [0.717, 1.165) is 0 Å². The summed E-state index contributed by atoms with van der Waals surface area (Å²) in [6.07, 6.45) is 1.36. The van der Waals surface area contributed by atoms with Crippen molar-refractivity contribution in [3.05, 3.63) is 11.3 Å². The van der Waals surface area contributed by atoms with Crippen molar-refractivity contribution in [1.29, 1.82) is 0 Å². The van der Waals surface area contributed by atoms with Crippen molar-refractivity contribution in [3.8, 4) is 0 Å². The first-order valence-electron chi connectivity index (χ1n) is 4.51. The molecule has 0 aliphatic rings. The van der Waals surface area contributed by atoms with E-state index >= 15 is 0 Å². The number of nitrogens with one attached hydrogen (secondary N) is 1. The molecule has 0 unspecified atom stereocenters. The molecule has 0 atom stereocenters. The summed E-state index contributed by atoms with van der Waals surface area (Å²) in [5.74, 6) is 0.790. The Morgan fingerprint density at radius 2 is 2.20 bits per heavy atom. The fourth-order valence-corrected chi connectivity index (χ4v) is 1.04. The van der Waals surface area contributed by atoms with Gasteiger partial charge in [0.15, 0.2) is 5.82 Å². The highest BCUT2D eigenvalue weighted by Gasteiger charge is 2.17. The number of hydrogen-bond acceptors (Lipinski definition) is 5. The van der Waals surface area contributed by atoms with E-state index in [-0.39, 0.29) is 11.4 Å². The maximum absolute atomic E-state index is 5.91. The highest BCUT2D eigenvalue weighted by Crippen LogP contribution is 2.23. The number of hydrogen-bond donors (Lipinski definition) is 2. The zero-order valence-electron chi connectivity index (χ0n) is 9.04. The lowest BCUT2D eigenvalue weighted by molar-refractivity contribution is 0.0343. The maximum atomic E-state index is 5.91. The van der Waals surface area contributed by atoms with Crippen molar-refractivity contribution in [3.63, 3.8) is 0 Å². The standard InChI is InChI=1S/C9H15ClN4O/c1-9(2,15-3)4-12-8-6(10)7(11)13-5-14-8/h5H,4H2,1-3H3,(H3,11,12,13,14). The molecule has 0 bridgehead atoms. The molecular weight excluding hydrogens is 216 g/mol. The van der Waals surface area contributed by atoms with Gasteiger partial charge in [0, 0.05) is 13.7 Å². The lowest BCUT2D eigenvalue weighted by Gasteiger charge is -2.23. The van der Waals surface area contributed by atoms with Crippen LogP contribution in [-0.4, -0.2) is 29.2 Å². The molecule has 1 rings (SSSR count). The SMILES string of the molecule is COC(C)(C)CNc1ncnc(N)c1Cl. The first-order valence-corrected chi connectivity index (χ1v) is 4.89. The van der Waals surface area contributed by atoms with Crippen LogP contribution in [0.25, 0.3) is 0 Å². The number of ether oxygens (including phenoxy) is 1. The molecule has 0 aromatic carbocycles. The van der Waals surface area contributed by atoms with Gasteiger partial charge in [0.05, 0.1) is 5.60 Å². The molecule has 84 valence electrons. The lowest BCUT2D eigenvalue weighted by Crippen LogP contribution is -2.32. The number of methoxy groups -OCH3 is 1. The van der Waals surface area contributed by atoms with Gasteiger partial charge in [-0.15, -0.1) is 0 Å². The second-order valence-electron chi connectivity index (χ2n) is 3.74. The van der Waals surface area contributed by atoms with E-state index in [1.54, 1.807) is 7.11 Å². The Kier molecular flexibility index (Phi) is 3.71. The molecule has 0 fully saturated rings. The summed E-state index contributed by atoms with van der Waals surface area (Å²) in [5.41, 5.74) is 5.25. The van der Waals surface area contributed by atoms with Crippen molar-refractivity contribution in [2.45, 2.75) is 19.4 Å². The quantitative estimate of drug-likeness (QED) is 0.821. The van der Waals surface area contributed by atoms with Gasteiger partial charge in [0.25, 0.3) is 0 Å². The van der Waals surface area contributed by atoms with Gasteiger partial charge in [-0.1, -0.05) is 11.6 Å². The third-order valence-electron chi connectivity index (χ3n) is 2.05. The van der Waals surface area contributed by atoms with Crippen molar-refractivity contribution >= 4 is 23.2 Å². The van der Waals surface area contributed by atoms with Crippen LogP contribution in [0.5, 0.6) is 0 Å². The molecule has 0 radical (unpaired) electrons. The first kappa shape index (κ1) is 12.0. The lowest BCUT2D eigenvalue weighted by atomic mass is 10.1. The van der Waals surface area contributed by atoms with Gasteiger partial charge in [-0.3, -0.25) is 0 Å². The second kappa shape index (κ2) is 4.63. The zero-order valence-corrected chi connectivity index (χ0v) is 9.80. The largest absolute Gasteiger partial charge is 0.382 e. The summed E-state index contributed by atoms with van der Waals surface area (Å²) < 4.78 is 5.25. The zero-order chi connectivity index (χ0) is 11.5. The predicted octanol–water partition coefficient (Wildman–Crippen LogP) is 1.55. The Balaban J connectivity index is 2.70. The van der Waals surface area contributed by atoms with E-state index in [0.29, 0.717) is 17.4 Å². The summed E-state index contributed by atoms with van der Waals surface area (Å²) in [4.78, 5) is 7.75. The number of anilines is 2. The van der Waals surface area contributed by atoms with Crippen LogP contribution in [0.4, 0.5) is 11.6 Å². The van der Waals surface area contributed by atoms with Gasteiger partial charge in [-0.2, -0.15) is 0 Å². The van der Waals surface area contributed by atoms with Crippen molar-refractivity contribution in [2.24, 2.45) is 0 Å². The van der Waals surface area contributed by atoms with Gasteiger partial charge < -0.3 is 15.8 Å². The van der Waals surface area contributed by atoms with Crippen LogP contribution in [0.3, 0.4) is 0 Å². The molecule has 0 amide bonds. The van der Waals surface area contributed by atoms with Gasteiger partial charge in [0.1, 0.15) is 17.2 Å². The molecule has 0 aliphatic heterocycles. The second-order valence-corrected chi connectivity index (χ2v) is 4.12. The fraction of sp³-hybridized carbons (Fsp3) is 0.556. The van der Waals surface area contributed by atoms with Crippen LogP contribution in [-0.2, 0) is 4.74 Å². The number of rotatable bonds is 4. The smallest absolute Gasteiger partial charge is 0.150 e. The Labute approximate surface area is 94.0 Å². The maximum Gasteiger partial charge on any atom is 0.150 e. The van der Waals surface area contributed by atoms with Crippen LogP contribution in [0.2, 0.25) is 5.02 Å². The van der Waals surface area contributed by atoms with Gasteiger partial charge in [-0.25, -0.2) is 9.97 Å². The van der Waals surface area contributed by atoms with Crippen LogP contribution >= 0.6 is 11.6 Å². The Hall–Kier alpha value is -1.07. The number of halogens is 1. The number of aromatic nitrogens is 2. The molecule has 1 aromatic heterocycles. The molecular formula is C9H15ClN4O. The number of nitrogens with zero attached hydrogens (tertiary/aromatic N) is 2. The molecule has 0 spiro atoms. The summed E-state index contributed by atoms with van der Waals surface area (Å²) in [7, 11) is 1.65. The topological polar surface area (TPSA) is 73.1 Å². The van der Waals surface area contributed by atoms with E-state index in [1.165, 1.54) is 6.33 Å². The number of nitrogens with two attached hydrogens (primary N) is 1. The summed E-state index contributed by atoms with van der Waals surface area (Å²) in [6.45, 7) is 4.50. The van der Waals surface area contributed by atoms with Crippen molar-refractivity contribution in [2.75, 3.05) is 24.7 Å². The fourth-order valence-electron chi connectivity index (χ4n) is 0.875. The minimum absolute atomic E-state index is 0.268. The van der Waals surface area contributed by atoms with Gasteiger partial charge in [-0.05, 0) is 13.8 Å². The van der Waals surface area contributed by atoms with Crippen molar-refractivity contribution < 1.29 is 4.74 Å². The van der Waals surface area contributed by atoms with E-state index < -0.39 is 0 Å². The molecule has 0 saturated heterocycles. The molecule has 1 heterocycles. The molecule has 0 saturated carbocycles. The van der Waals surface area contributed by atoms with Crippen molar-refractivity contribution in [1.82, 2.24) is 9.97 Å². The Morgan fingerprint density at radius 3 is 2.80 bits per heavy atom. The molecule has 1 aromatic rings. The van der Waals surface area contributed by atoms with Crippen LogP contribution in [0, 0.1) is 0 Å². The Morgan fingerprint density at radius 1 is 1.53 bits per heavy atom. The normalized spacial score (nSPS) is 11.5. The molecule has 3 N–H and O–H groups in total. The average Bonchev–Trinajstić information content (AvgIpc) is 2.20. The van der Waals surface area contributed by atoms with Gasteiger partial charge >= 0.3 is 0 Å². The summed E-state index contributed by atoms with van der Waals surface area (Å²) >= 11 is 5.91. The average molecular weight is 231 g/mol. The summed E-state index contributed by atoms with van der Waals surface area (Å²) in [5, 5.41) is 3.39. The Bertz CT molecular complexity index is 343. The van der Waals surface area contributed by atoms with Crippen LogP contribution in [0.1, 0.15) is 13.8 Å². The molecule has 5 nitrogen and oxygen atoms in total. The first-order chi connectivity index (χ1) is 6.96. The van der Waals surface area contributed by atoms with Crippen LogP contribution < -0.4 is 11.1 Å². The minimum atomic E-state index is -0.289. The summed E-state index contributed by atoms with van der Waals surface area (Å²) in [6, 6.07) is 0. The predicted molar refractivity (Wildman–Crippen MR) is 61.0 cm³/mol. The third kappa shape index (κ3) is 3.21. The van der Waals surface area contributed by atoms with Gasteiger partial charge in [0.2, 0.25) is 0 Å². The van der Waals surface area contributed by atoms with E-state index in [4.69, 9.17) is 22.1 Å². The highest BCUT2D eigenvalue weighted by molar-refractivity contribution is 6.35. The van der Waals surface area contributed by atoms with E-state index in [9.17, 15) is 0 Å². The highest BCUT2D eigenvalue weighted by atomic mass is 35.5. The molecule has 15 heavy (non-hydrogen) atoms. The monoisotopic (exact) mass is 230 g/mol. The molecule has 6 heteroatoms. The third-order valence-corrected chi connectivity index (χ3v) is 2.42. The van der Waals surface area contributed by atoms with E-state index in [1.807, 2.05) is 13.8 Å². The number of nitrogen functional groups attached to an aromatic ring is 1. The van der Waals surface area contributed by atoms with E-state index in [2.05, 4.69) is 15.3 Å².